The van der Waals surface area contributed by atoms with Gasteiger partial charge in [-0.05, 0) is 13.8 Å². The molecule has 0 saturated carbocycles. The highest BCUT2D eigenvalue weighted by Crippen LogP contribution is 2.26. The van der Waals surface area contributed by atoms with Crippen LogP contribution in [0.2, 0.25) is 0 Å². The van der Waals surface area contributed by atoms with Crippen LogP contribution in [-0.4, -0.2) is 26.0 Å². The lowest BCUT2D eigenvalue weighted by atomic mass is 10.2. The Hall–Kier alpha value is -1.89. The minimum atomic E-state index is -1.01. The number of rotatable bonds is 5. The number of carboxylic acids is 1. The highest BCUT2D eigenvalue weighted by Gasteiger charge is 2.18. The van der Waals surface area contributed by atoms with E-state index in [4.69, 9.17) is 4.42 Å². The number of carboxylic acid groups (broad SMARTS) is 1. The van der Waals surface area contributed by atoms with Gasteiger partial charge in [0.05, 0.1) is 11.4 Å². The Labute approximate surface area is 120 Å². The molecule has 1 N–H and O–H groups in total. The monoisotopic (exact) mass is 293 g/mol. The predicted octanol–water partition coefficient (Wildman–Crippen LogP) is 2.63. The topological polar surface area (TPSA) is 89.1 Å². The lowest BCUT2D eigenvalue weighted by Gasteiger charge is -2.08. The Kier molecular flexibility index (Phi) is 4.39. The van der Waals surface area contributed by atoms with Crippen LogP contribution in [0.25, 0.3) is 0 Å². The molecular weight excluding hydrogens is 278 g/mol. The quantitative estimate of drug-likeness (QED) is 0.669. The van der Waals surface area contributed by atoms with Crippen LogP contribution in [0, 0.1) is 13.8 Å². The number of carbonyl (C=O) groups is 1. The Morgan fingerprint density at radius 3 is 2.70 bits per heavy atom. The zero-order valence-electron chi connectivity index (χ0n) is 11.5. The summed E-state index contributed by atoms with van der Waals surface area (Å²) in [6, 6.07) is 0. The molecule has 0 spiro atoms. The van der Waals surface area contributed by atoms with Crippen molar-refractivity contribution in [3.63, 3.8) is 0 Å². The zero-order valence-corrected chi connectivity index (χ0v) is 12.3. The normalized spacial score (nSPS) is 10.8. The number of hydrogen-bond donors (Lipinski definition) is 1. The van der Waals surface area contributed by atoms with Gasteiger partial charge in [0.1, 0.15) is 22.2 Å². The van der Waals surface area contributed by atoms with Gasteiger partial charge in [-0.1, -0.05) is 18.7 Å². The van der Waals surface area contributed by atoms with E-state index in [1.165, 1.54) is 18.2 Å². The molecule has 0 aliphatic rings. The Morgan fingerprint density at radius 2 is 2.15 bits per heavy atom. The molecule has 6 nitrogen and oxygen atoms in total. The number of aryl methyl sites for hydroxylation is 3. The van der Waals surface area contributed by atoms with E-state index >= 15 is 0 Å². The molecule has 2 heterocycles. The highest BCUT2D eigenvalue weighted by molar-refractivity contribution is 7.98. The van der Waals surface area contributed by atoms with Gasteiger partial charge in [-0.3, -0.25) is 0 Å². The van der Waals surface area contributed by atoms with Crippen LogP contribution < -0.4 is 0 Å². The predicted molar refractivity (Wildman–Crippen MR) is 73.9 cm³/mol. The van der Waals surface area contributed by atoms with Crippen molar-refractivity contribution in [2.75, 3.05) is 0 Å². The first-order chi connectivity index (χ1) is 9.52. The van der Waals surface area contributed by atoms with Crippen molar-refractivity contribution in [3.8, 4) is 0 Å². The van der Waals surface area contributed by atoms with Crippen molar-refractivity contribution < 1.29 is 14.3 Å². The summed E-state index contributed by atoms with van der Waals surface area (Å²) < 4.78 is 5.13. The van der Waals surface area contributed by atoms with Gasteiger partial charge in [-0.2, -0.15) is 0 Å². The largest absolute Gasteiger partial charge is 0.478 e. The van der Waals surface area contributed by atoms with Crippen LogP contribution in [0.5, 0.6) is 0 Å². The summed E-state index contributed by atoms with van der Waals surface area (Å²) in [6.07, 6.45) is 2.04. The minimum absolute atomic E-state index is 0.161. The van der Waals surface area contributed by atoms with E-state index in [1.807, 2.05) is 13.8 Å². The molecule has 106 valence electrons. The maximum absolute atomic E-state index is 11.3. The Balaban J connectivity index is 2.31. The fraction of sp³-hybridized carbons (Fsp3) is 0.385. The van der Waals surface area contributed by atoms with Crippen LogP contribution in [0.15, 0.2) is 15.8 Å². The third-order valence-electron chi connectivity index (χ3n) is 2.82. The fourth-order valence-corrected chi connectivity index (χ4v) is 2.82. The summed E-state index contributed by atoms with van der Waals surface area (Å²) >= 11 is 1.34. The number of aromatic nitrogens is 3. The maximum atomic E-state index is 11.3. The van der Waals surface area contributed by atoms with E-state index in [9.17, 15) is 9.90 Å². The molecule has 7 heteroatoms. The molecule has 0 fully saturated rings. The first-order valence-corrected chi connectivity index (χ1v) is 7.14. The summed E-state index contributed by atoms with van der Waals surface area (Å²) in [5.41, 5.74) is 1.44. The second-order valence-corrected chi connectivity index (χ2v) is 5.17. The van der Waals surface area contributed by atoms with Crippen molar-refractivity contribution >= 4 is 17.7 Å². The molecule has 0 amide bonds. The summed E-state index contributed by atoms with van der Waals surface area (Å²) in [6.45, 7) is 5.45. The summed E-state index contributed by atoms with van der Waals surface area (Å²) in [5.74, 6) is 0.884. The van der Waals surface area contributed by atoms with E-state index in [-0.39, 0.29) is 5.56 Å². The third-order valence-corrected chi connectivity index (χ3v) is 3.81. The molecule has 2 aromatic rings. The van der Waals surface area contributed by atoms with Gasteiger partial charge in [0, 0.05) is 12.2 Å². The van der Waals surface area contributed by atoms with Gasteiger partial charge in [0.2, 0.25) is 0 Å². The molecule has 0 aliphatic carbocycles. The van der Waals surface area contributed by atoms with E-state index in [2.05, 4.69) is 15.0 Å². The zero-order chi connectivity index (χ0) is 14.7. The van der Waals surface area contributed by atoms with E-state index in [0.29, 0.717) is 28.7 Å². The fourth-order valence-electron chi connectivity index (χ4n) is 1.71. The molecule has 2 aromatic heterocycles. The van der Waals surface area contributed by atoms with Crippen molar-refractivity contribution in [1.82, 2.24) is 15.0 Å². The van der Waals surface area contributed by atoms with Crippen LogP contribution >= 0.6 is 11.8 Å². The minimum Gasteiger partial charge on any atom is -0.478 e. The number of thioether (sulfide) groups is 1. The summed E-state index contributed by atoms with van der Waals surface area (Å²) in [4.78, 5) is 23.9. The van der Waals surface area contributed by atoms with E-state index < -0.39 is 5.97 Å². The molecule has 20 heavy (non-hydrogen) atoms. The first kappa shape index (κ1) is 14.5. The molecule has 2 rings (SSSR count). The van der Waals surface area contributed by atoms with E-state index in [0.717, 1.165) is 11.5 Å². The molecule has 0 radical (unpaired) electrons. The van der Waals surface area contributed by atoms with Gasteiger partial charge >= 0.3 is 5.97 Å². The van der Waals surface area contributed by atoms with Crippen molar-refractivity contribution in [2.45, 2.75) is 38.0 Å². The van der Waals surface area contributed by atoms with Crippen molar-refractivity contribution in [2.24, 2.45) is 0 Å². The van der Waals surface area contributed by atoms with Gasteiger partial charge < -0.3 is 9.52 Å². The first-order valence-electron chi connectivity index (χ1n) is 6.15. The average Bonchev–Trinajstić information content (AvgIpc) is 2.80. The molecule has 0 atom stereocenters. The van der Waals surface area contributed by atoms with Gasteiger partial charge in [0.25, 0.3) is 0 Å². The van der Waals surface area contributed by atoms with Gasteiger partial charge in [0.15, 0.2) is 6.39 Å². The van der Waals surface area contributed by atoms with Gasteiger partial charge in [-0.15, -0.1) is 0 Å². The lowest BCUT2D eigenvalue weighted by molar-refractivity contribution is 0.0690. The molecule has 0 aliphatic heterocycles. The standard InChI is InChI=1S/C13H15N3O3S/c1-4-10-15-7(2)11(13(17)18)12(16-10)20-5-9-8(3)19-6-14-9/h6H,4-5H2,1-3H3,(H,17,18). The lowest BCUT2D eigenvalue weighted by Crippen LogP contribution is -2.09. The number of hydrogen-bond acceptors (Lipinski definition) is 6. The second kappa shape index (κ2) is 6.04. The van der Waals surface area contributed by atoms with Gasteiger partial charge in [-0.25, -0.2) is 19.7 Å². The van der Waals surface area contributed by atoms with Crippen LogP contribution in [-0.2, 0) is 12.2 Å². The smallest absolute Gasteiger partial charge is 0.340 e. The number of nitrogens with zero attached hydrogens (tertiary/aromatic N) is 3. The van der Waals surface area contributed by atoms with Crippen molar-refractivity contribution in [3.05, 3.63) is 34.9 Å². The third kappa shape index (κ3) is 2.98. The summed E-state index contributed by atoms with van der Waals surface area (Å²) in [7, 11) is 0. The second-order valence-electron chi connectivity index (χ2n) is 4.21. The number of oxazole rings is 1. The molecule has 0 saturated heterocycles. The molecule has 0 unspecified atom stereocenters. The van der Waals surface area contributed by atoms with Crippen molar-refractivity contribution in [1.29, 1.82) is 0 Å². The van der Waals surface area contributed by atoms with Crippen LogP contribution in [0.4, 0.5) is 0 Å². The SMILES string of the molecule is CCc1nc(C)c(C(=O)O)c(SCc2ncoc2C)n1. The van der Waals surface area contributed by atoms with Crippen LogP contribution in [0.3, 0.4) is 0 Å². The molecular formula is C13H15N3O3S. The van der Waals surface area contributed by atoms with Crippen LogP contribution in [0.1, 0.15) is 40.3 Å². The maximum Gasteiger partial charge on any atom is 0.340 e. The summed E-state index contributed by atoms with van der Waals surface area (Å²) in [5, 5.41) is 9.77. The highest BCUT2D eigenvalue weighted by atomic mass is 32.2. The Bertz CT molecular complexity index is 640. The van der Waals surface area contributed by atoms with E-state index in [1.54, 1.807) is 6.92 Å². The molecule has 0 bridgehead atoms. The average molecular weight is 293 g/mol. The number of aromatic carboxylic acids is 1. The molecule has 0 aromatic carbocycles. The Morgan fingerprint density at radius 1 is 1.40 bits per heavy atom.